The number of ether oxygens (including phenoxy) is 1. The molecule has 0 amide bonds. The summed E-state index contributed by atoms with van der Waals surface area (Å²) >= 11 is 0. The van der Waals surface area contributed by atoms with Crippen LogP contribution in [0.3, 0.4) is 0 Å². The molecule has 0 bridgehead atoms. The summed E-state index contributed by atoms with van der Waals surface area (Å²) in [4.78, 5) is 12.3. The van der Waals surface area contributed by atoms with Crippen LogP contribution in [0.1, 0.15) is 36.7 Å². The average Bonchev–Trinajstić information content (AvgIpc) is 2.45. The van der Waals surface area contributed by atoms with Gasteiger partial charge in [-0.1, -0.05) is 57.2 Å². The number of hydrogen-bond acceptors (Lipinski definition) is 2. The van der Waals surface area contributed by atoms with E-state index in [1.54, 1.807) is 0 Å². The van der Waals surface area contributed by atoms with Crippen molar-refractivity contribution >= 4 is 5.78 Å². The van der Waals surface area contributed by atoms with Gasteiger partial charge in [0.2, 0.25) is 0 Å². The highest BCUT2D eigenvalue weighted by molar-refractivity contribution is 5.99. The lowest BCUT2D eigenvalue weighted by molar-refractivity contribution is 0.0858. The second kappa shape index (κ2) is 5.91. The zero-order valence-electron chi connectivity index (χ0n) is 12.2. The van der Waals surface area contributed by atoms with Crippen LogP contribution >= 0.6 is 0 Å². The molecule has 0 unspecified atom stereocenters. The molecular formula is C18H20O2. The van der Waals surface area contributed by atoms with Crippen molar-refractivity contribution in [3.05, 3.63) is 65.7 Å². The molecule has 0 aromatic heterocycles. The average molecular weight is 268 g/mol. The molecule has 0 radical (unpaired) electrons. The molecule has 0 saturated heterocycles. The van der Waals surface area contributed by atoms with Crippen LogP contribution in [-0.4, -0.2) is 5.78 Å². The van der Waals surface area contributed by atoms with Crippen molar-refractivity contribution in [3.8, 4) is 5.75 Å². The van der Waals surface area contributed by atoms with E-state index in [0.29, 0.717) is 6.61 Å². The maximum atomic E-state index is 12.3. The lowest BCUT2D eigenvalue weighted by Gasteiger charge is -2.17. The third-order valence-electron chi connectivity index (χ3n) is 3.02. The molecule has 2 aromatic rings. The van der Waals surface area contributed by atoms with E-state index in [1.807, 2.05) is 75.4 Å². The number of hydrogen-bond donors (Lipinski definition) is 0. The molecule has 2 aromatic carbocycles. The van der Waals surface area contributed by atoms with Gasteiger partial charge in [0.05, 0.1) is 0 Å². The Morgan fingerprint density at radius 1 is 1.00 bits per heavy atom. The van der Waals surface area contributed by atoms with Crippen LogP contribution in [0.25, 0.3) is 0 Å². The number of rotatable bonds is 4. The summed E-state index contributed by atoms with van der Waals surface area (Å²) < 4.78 is 5.70. The maximum absolute atomic E-state index is 12.3. The first-order valence-electron chi connectivity index (χ1n) is 6.78. The number of ketones is 1. The van der Waals surface area contributed by atoms with Gasteiger partial charge in [0.25, 0.3) is 0 Å². The summed E-state index contributed by atoms with van der Waals surface area (Å²) in [6.45, 7) is 6.27. The predicted octanol–water partition coefficient (Wildman–Crippen LogP) is 4.49. The maximum Gasteiger partial charge on any atom is 0.168 e. The fourth-order valence-electron chi connectivity index (χ4n) is 1.92. The second-order valence-electron chi connectivity index (χ2n) is 5.88. The highest BCUT2D eigenvalue weighted by atomic mass is 16.5. The van der Waals surface area contributed by atoms with Gasteiger partial charge in [-0.25, -0.2) is 0 Å². The monoisotopic (exact) mass is 268 g/mol. The van der Waals surface area contributed by atoms with Crippen LogP contribution in [0, 0.1) is 5.41 Å². The van der Waals surface area contributed by atoms with E-state index in [-0.39, 0.29) is 11.2 Å². The van der Waals surface area contributed by atoms with Crippen molar-refractivity contribution in [2.45, 2.75) is 27.4 Å². The van der Waals surface area contributed by atoms with Gasteiger partial charge in [0.1, 0.15) is 12.4 Å². The van der Waals surface area contributed by atoms with Crippen LogP contribution in [0.4, 0.5) is 0 Å². The first kappa shape index (κ1) is 14.3. The van der Waals surface area contributed by atoms with Gasteiger partial charge in [-0.05, 0) is 23.8 Å². The van der Waals surface area contributed by atoms with E-state index in [4.69, 9.17) is 4.74 Å². The summed E-state index contributed by atoms with van der Waals surface area (Å²) in [6.07, 6.45) is 0. The highest BCUT2D eigenvalue weighted by Gasteiger charge is 2.22. The Labute approximate surface area is 120 Å². The Morgan fingerprint density at radius 3 is 2.35 bits per heavy atom. The van der Waals surface area contributed by atoms with Crippen molar-refractivity contribution in [1.82, 2.24) is 0 Å². The Bertz CT molecular complexity index is 580. The second-order valence-corrected chi connectivity index (χ2v) is 5.88. The summed E-state index contributed by atoms with van der Waals surface area (Å²) in [5.74, 6) is 0.985. The molecule has 0 saturated carbocycles. The van der Waals surface area contributed by atoms with Crippen molar-refractivity contribution in [3.63, 3.8) is 0 Å². The van der Waals surface area contributed by atoms with Crippen molar-refractivity contribution in [1.29, 1.82) is 0 Å². The van der Waals surface area contributed by atoms with Gasteiger partial charge in [-0.3, -0.25) is 4.79 Å². The zero-order chi connectivity index (χ0) is 14.6. The topological polar surface area (TPSA) is 26.3 Å². The molecule has 0 aliphatic rings. The predicted molar refractivity (Wildman–Crippen MR) is 81.0 cm³/mol. The molecule has 104 valence electrons. The molecule has 0 spiro atoms. The van der Waals surface area contributed by atoms with E-state index in [2.05, 4.69) is 0 Å². The Hall–Kier alpha value is -2.09. The highest BCUT2D eigenvalue weighted by Crippen LogP contribution is 2.21. The zero-order valence-corrected chi connectivity index (χ0v) is 12.2. The summed E-state index contributed by atoms with van der Waals surface area (Å²) in [6, 6.07) is 17.3. The molecule has 0 fully saturated rings. The van der Waals surface area contributed by atoms with Gasteiger partial charge in [0.15, 0.2) is 5.78 Å². The quantitative estimate of drug-likeness (QED) is 0.763. The molecule has 0 aliphatic heterocycles. The first-order valence-corrected chi connectivity index (χ1v) is 6.78. The number of Topliss-reactive ketones (excluding diaryl/α,β-unsaturated/α-hetero) is 1. The minimum absolute atomic E-state index is 0.152. The lowest BCUT2D eigenvalue weighted by atomic mass is 9.86. The molecule has 0 aliphatic carbocycles. The van der Waals surface area contributed by atoms with E-state index in [0.717, 1.165) is 16.9 Å². The first-order chi connectivity index (χ1) is 9.47. The summed E-state index contributed by atoms with van der Waals surface area (Å²) in [5.41, 5.74) is 1.38. The van der Waals surface area contributed by atoms with Crippen molar-refractivity contribution < 1.29 is 9.53 Å². The number of carbonyl (C=O) groups is 1. The van der Waals surface area contributed by atoms with Crippen LogP contribution in [0.15, 0.2) is 54.6 Å². The molecule has 0 N–H and O–H groups in total. The third-order valence-corrected chi connectivity index (χ3v) is 3.02. The molecule has 2 rings (SSSR count). The molecule has 2 nitrogen and oxygen atoms in total. The fraction of sp³-hybridized carbons (Fsp3) is 0.278. The SMILES string of the molecule is CC(C)(C)C(=O)c1cccc(COc2ccccc2)c1. The normalized spacial score (nSPS) is 11.2. The standard InChI is InChI=1S/C18H20O2/c1-18(2,3)17(19)15-9-7-8-14(12-15)13-20-16-10-5-4-6-11-16/h4-12H,13H2,1-3H3. The molecular weight excluding hydrogens is 248 g/mol. The minimum Gasteiger partial charge on any atom is -0.489 e. The molecule has 0 atom stereocenters. The third kappa shape index (κ3) is 3.70. The van der Waals surface area contributed by atoms with Crippen LogP contribution < -0.4 is 4.74 Å². The summed E-state index contributed by atoms with van der Waals surface area (Å²) in [5, 5.41) is 0. The van der Waals surface area contributed by atoms with Crippen LogP contribution in [0.2, 0.25) is 0 Å². The van der Waals surface area contributed by atoms with Gasteiger partial charge < -0.3 is 4.74 Å². The van der Waals surface area contributed by atoms with Gasteiger partial charge >= 0.3 is 0 Å². The van der Waals surface area contributed by atoms with E-state index in [1.165, 1.54) is 0 Å². The van der Waals surface area contributed by atoms with Gasteiger partial charge in [0, 0.05) is 11.0 Å². The molecule has 0 heterocycles. The Balaban J connectivity index is 2.09. The van der Waals surface area contributed by atoms with E-state index < -0.39 is 0 Å². The van der Waals surface area contributed by atoms with Crippen molar-refractivity contribution in [2.75, 3.05) is 0 Å². The van der Waals surface area contributed by atoms with Crippen molar-refractivity contribution in [2.24, 2.45) is 5.41 Å². The van der Waals surface area contributed by atoms with Gasteiger partial charge in [-0.15, -0.1) is 0 Å². The largest absolute Gasteiger partial charge is 0.489 e. The van der Waals surface area contributed by atoms with E-state index >= 15 is 0 Å². The number of carbonyl (C=O) groups excluding carboxylic acids is 1. The molecule has 2 heteroatoms. The minimum atomic E-state index is -0.362. The smallest absolute Gasteiger partial charge is 0.168 e. The number of benzene rings is 2. The lowest BCUT2D eigenvalue weighted by Crippen LogP contribution is -2.20. The van der Waals surface area contributed by atoms with E-state index in [9.17, 15) is 4.79 Å². The van der Waals surface area contributed by atoms with Crippen LogP contribution in [0.5, 0.6) is 5.75 Å². The summed E-state index contributed by atoms with van der Waals surface area (Å²) in [7, 11) is 0. The van der Waals surface area contributed by atoms with Crippen LogP contribution in [-0.2, 0) is 6.61 Å². The fourth-order valence-corrected chi connectivity index (χ4v) is 1.92. The Kier molecular flexibility index (Phi) is 4.23. The Morgan fingerprint density at radius 2 is 1.70 bits per heavy atom. The number of para-hydroxylation sites is 1. The van der Waals surface area contributed by atoms with Gasteiger partial charge in [-0.2, -0.15) is 0 Å². The molecule has 20 heavy (non-hydrogen) atoms.